The van der Waals surface area contributed by atoms with Gasteiger partial charge in [-0.05, 0) is 17.7 Å². The second kappa shape index (κ2) is 3.20. The Morgan fingerprint density at radius 2 is 2.31 bits per heavy atom. The van der Waals surface area contributed by atoms with Gasteiger partial charge in [0.15, 0.2) is 0 Å². The van der Waals surface area contributed by atoms with Crippen LogP contribution in [-0.4, -0.2) is 10.8 Å². The third-order valence-electron chi connectivity index (χ3n) is 1.96. The molecule has 0 atom stereocenters. The molecule has 2 aromatic rings. The van der Waals surface area contributed by atoms with Crippen molar-refractivity contribution in [3.63, 3.8) is 0 Å². The van der Waals surface area contributed by atoms with Crippen molar-refractivity contribution in [2.45, 2.75) is 4.90 Å². The number of thiophene rings is 1. The van der Waals surface area contributed by atoms with Crippen LogP contribution in [0.3, 0.4) is 0 Å². The van der Waals surface area contributed by atoms with Crippen LogP contribution in [0.15, 0.2) is 27.3 Å². The molecule has 0 bridgehead atoms. The minimum atomic E-state index is 0.154. The van der Waals surface area contributed by atoms with Crippen molar-refractivity contribution in [3.05, 3.63) is 27.9 Å². The van der Waals surface area contributed by atoms with Gasteiger partial charge < -0.3 is 4.57 Å². The van der Waals surface area contributed by atoms with Crippen LogP contribution in [-0.2, 0) is 7.05 Å². The zero-order chi connectivity index (χ0) is 9.42. The van der Waals surface area contributed by atoms with E-state index in [1.165, 1.54) is 11.8 Å². The quantitative estimate of drug-likeness (QED) is 0.675. The number of pyridine rings is 1. The maximum Gasteiger partial charge on any atom is 0.203 e. The number of aryl methyl sites for hydroxylation is 1. The van der Waals surface area contributed by atoms with Gasteiger partial charge in [-0.25, -0.2) is 0 Å². The Kier molecular flexibility index (Phi) is 2.17. The SMILES string of the molecule is CSc1cn(C)c2sccc2c1=O. The number of thioether (sulfide) groups is 1. The molecule has 2 rings (SSSR count). The first kappa shape index (κ1) is 8.84. The van der Waals surface area contributed by atoms with Gasteiger partial charge in [0.05, 0.1) is 10.3 Å². The Labute approximate surface area is 84.2 Å². The van der Waals surface area contributed by atoms with Crippen molar-refractivity contribution in [3.8, 4) is 0 Å². The predicted octanol–water partition coefficient (Wildman–Crippen LogP) is 2.32. The first-order chi connectivity index (χ1) is 6.24. The fraction of sp³-hybridized carbons (Fsp3) is 0.222. The number of rotatable bonds is 1. The highest BCUT2D eigenvalue weighted by Gasteiger charge is 2.06. The largest absolute Gasteiger partial charge is 0.341 e. The molecule has 0 fully saturated rings. The highest BCUT2D eigenvalue weighted by molar-refractivity contribution is 7.98. The summed E-state index contributed by atoms with van der Waals surface area (Å²) in [5.74, 6) is 0. The Balaban J connectivity index is 2.94. The molecule has 0 saturated carbocycles. The molecule has 0 saturated heterocycles. The lowest BCUT2D eigenvalue weighted by molar-refractivity contribution is 0.934. The molecule has 0 aliphatic rings. The second-order valence-corrected chi connectivity index (χ2v) is 4.52. The fourth-order valence-electron chi connectivity index (χ4n) is 1.32. The highest BCUT2D eigenvalue weighted by Crippen LogP contribution is 2.20. The maximum atomic E-state index is 11.7. The molecule has 2 aromatic heterocycles. The fourth-order valence-corrected chi connectivity index (χ4v) is 2.72. The van der Waals surface area contributed by atoms with Gasteiger partial charge in [-0.2, -0.15) is 0 Å². The summed E-state index contributed by atoms with van der Waals surface area (Å²) in [5, 5.41) is 2.79. The molecule has 0 aliphatic carbocycles. The molecule has 2 nitrogen and oxygen atoms in total. The van der Waals surface area contributed by atoms with E-state index in [0.717, 1.165) is 15.1 Å². The highest BCUT2D eigenvalue weighted by atomic mass is 32.2. The molecule has 0 unspecified atom stereocenters. The second-order valence-electron chi connectivity index (χ2n) is 2.78. The van der Waals surface area contributed by atoms with Crippen LogP contribution >= 0.6 is 23.1 Å². The smallest absolute Gasteiger partial charge is 0.203 e. The standard InChI is InChI=1S/C9H9NOS2/c1-10-5-7(12-2)8(11)6-3-4-13-9(6)10/h3-5H,1-2H3. The Morgan fingerprint density at radius 3 is 3.00 bits per heavy atom. The summed E-state index contributed by atoms with van der Waals surface area (Å²) in [5.41, 5.74) is 0.154. The minimum Gasteiger partial charge on any atom is -0.341 e. The monoisotopic (exact) mass is 211 g/mol. The number of hydrogen-bond acceptors (Lipinski definition) is 3. The average Bonchev–Trinajstić information content (AvgIpc) is 2.60. The van der Waals surface area contributed by atoms with Crippen LogP contribution in [0.25, 0.3) is 10.2 Å². The normalized spacial score (nSPS) is 10.9. The lowest BCUT2D eigenvalue weighted by Crippen LogP contribution is -2.07. The lowest BCUT2D eigenvalue weighted by Gasteiger charge is -2.02. The third-order valence-corrected chi connectivity index (χ3v) is 3.70. The Hall–Kier alpha value is -0.740. The summed E-state index contributed by atoms with van der Waals surface area (Å²) in [6.07, 6.45) is 3.82. The van der Waals surface area contributed by atoms with E-state index >= 15 is 0 Å². The van der Waals surface area contributed by atoms with Crippen molar-refractivity contribution >= 4 is 33.3 Å². The van der Waals surface area contributed by atoms with E-state index in [2.05, 4.69) is 0 Å². The number of fused-ring (bicyclic) bond motifs is 1. The zero-order valence-corrected chi connectivity index (χ0v) is 9.04. The molecule has 0 spiro atoms. The van der Waals surface area contributed by atoms with E-state index in [1.54, 1.807) is 11.3 Å². The van der Waals surface area contributed by atoms with Gasteiger partial charge >= 0.3 is 0 Å². The average molecular weight is 211 g/mol. The molecular formula is C9H9NOS2. The van der Waals surface area contributed by atoms with Crippen LogP contribution in [0, 0.1) is 0 Å². The van der Waals surface area contributed by atoms with Gasteiger partial charge in [0, 0.05) is 13.2 Å². The van der Waals surface area contributed by atoms with Crippen molar-refractivity contribution < 1.29 is 0 Å². The number of hydrogen-bond donors (Lipinski definition) is 0. The predicted molar refractivity (Wildman–Crippen MR) is 58.8 cm³/mol. The molecule has 2 heterocycles. The first-order valence-electron chi connectivity index (χ1n) is 3.85. The van der Waals surface area contributed by atoms with Crippen LogP contribution < -0.4 is 5.43 Å². The molecule has 0 aromatic carbocycles. The molecule has 0 radical (unpaired) electrons. The van der Waals surface area contributed by atoms with E-state index in [9.17, 15) is 4.79 Å². The third kappa shape index (κ3) is 1.30. The molecule has 0 amide bonds. The van der Waals surface area contributed by atoms with Gasteiger partial charge in [0.1, 0.15) is 4.83 Å². The Morgan fingerprint density at radius 1 is 1.54 bits per heavy atom. The van der Waals surface area contributed by atoms with Crippen molar-refractivity contribution in [2.75, 3.05) is 6.26 Å². The maximum absolute atomic E-state index is 11.7. The minimum absolute atomic E-state index is 0.154. The molecule has 68 valence electrons. The van der Waals surface area contributed by atoms with E-state index in [1.807, 2.05) is 35.5 Å². The summed E-state index contributed by atoms with van der Waals surface area (Å²) in [6, 6.07) is 1.89. The van der Waals surface area contributed by atoms with Crippen molar-refractivity contribution in [1.82, 2.24) is 4.57 Å². The van der Waals surface area contributed by atoms with E-state index in [-0.39, 0.29) is 5.43 Å². The summed E-state index contributed by atoms with van der Waals surface area (Å²) in [7, 11) is 1.97. The van der Waals surface area contributed by atoms with Crippen molar-refractivity contribution in [1.29, 1.82) is 0 Å². The van der Waals surface area contributed by atoms with Crippen LogP contribution in [0.1, 0.15) is 0 Å². The van der Waals surface area contributed by atoms with Gasteiger partial charge in [0.25, 0.3) is 0 Å². The topological polar surface area (TPSA) is 22.0 Å². The van der Waals surface area contributed by atoms with Gasteiger partial charge in [-0.15, -0.1) is 23.1 Å². The molecular weight excluding hydrogens is 202 g/mol. The molecule has 4 heteroatoms. The molecule has 13 heavy (non-hydrogen) atoms. The summed E-state index contributed by atoms with van der Waals surface area (Å²) >= 11 is 3.10. The first-order valence-corrected chi connectivity index (χ1v) is 5.95. The number of nitrogens with zero attached hydrogens (tertiary/aromatic N) is 1. The molecule has 0 N–H and O–H groups in total. The van der Waals surface area contributed by atoms with Crippen LogP contribution in [0.5, 0.6) is 0 Å². The summed E-state index contributed by atoms with van der Waals surface area (Å²) in [6.45, 7) is 0. The Bertz CT molecular complexity index is 498. The van der Waals surface area contributed by atoms with Crippen LogP contribution in [0.4, 0.5) is 0 Å². The van der Waals surface area contributed by atoms with E-state index in [4.69, 9.17) is 0 Å². The van der Waals surface area contributed by atoms with Gasteiger partial charge in [-0.1, -0.05) is 0 Å². The van der Waals surface area contributed by atoms with Gasteiger partial charge in [-0.3, -0.25) is 4.79 Å². The van der Waals surface area contributed by atoms with Crippen LogP contribution in [0.2, 0.25) is 0 Å². The van der Waals surface area contributed by atoms with E-state index in [0.29, 0.717) is 0 Å². The van der Waals surface area contributed by atoms with E-state index < -0.39 is 0 Å². The number of aromatic nitrogens is 1. The van der Waals surface area contributed by atoms with Crippen molar-refractivity contribution in [2.24, 2.45) is 7.05 Å². The summed E-state index contributed by atoms with van der Waals surface area (Å²) in [4.78, 5) is 13.6. The lowest BCUT2D eigenvalue weighted by atomic mass is 10.3. The zero-order valence-electron chi connectivity index (χ0n) is 7.40. The van der Waals surface area contributed by atoms with Gasteiger partial charge in [0.2, 0.25) is 5.43 Å². The molecule has 0 aliphatic heterocycles. The summed E-state index contributed by atoms with van der Waals surface area (Å²) < 4.78 is 2.01.